The number of aromatic hydroxyl groups is 1. The number of phenols is 1. The molecule has 1 aromatic rings. The predicted molar refractivity (Wildman–Crippen MR) is 28.1 cm³/mol. The Kier molecular flexibility index (Phi) is 0.555. The van der Waals surface area contributed by atoms with Crippen LogP contribution in [0.1, 0.15) is 2.74 Å². The second kappa shape index (κ2) is 1.65. The van der Waals surface area contributed by atoms with Crippen LogP contribution in [-0.2, 0) is 0 Å². The lowest BCUT2D eigenvalue weighted by Crippen LogP contribution is -1.56. The van der Waals surface area contributed by atoms with Gasteiger partial charge in [0.15, 0.2) is 0 Å². The van der Waals surface area contributed by atoms with Crippen LogP contribution >= 0.6 is 0 Å². The minimum absolute atomic E-state index is 0.0208. The van der Waals surface area contributed by atoms with Gasteiger partial charge in [-0.05, 0) is 12.1 Å². The highest BCUT2D eigenvalue weighted by molar-refractivity contribution is 5.18. The van der Waals surface area contributed by atoms with Crippen molar-refractivity contribution >= 4 is 0 Å². The Labute approximate surface area is 45.0 Å². The van der Waals surface area contributed by atoms with E-state index in [1.54, 1.807) is 0 Å². The van der Waals surface area contributed by atoms with E-state index in [-0.39, 0.29) is 17.8 Å². The van der Waals surface area contributed by atoms with Crippen molar-refractivity contribution < 1.29 is 7.85 Å². The standard InChI is InChI=1S/C6H6O/c7-6-4-2-1-3-5-6/h1-5,7H/i2T,3T. The van der Waals surface area contributed by atoms with Gasteiger partial charge in [-0.25, -0.2) is 0 Å². The molecule has 0 aliphatic carbocycles. The van der Waals surface area contributed by atoms with Crippen molar-refractivity contribution in [1.82, 2.24) is 0 Å². The van der Waals surface area contributed by atoms with Crippen LogP contribution in [0.3, 0.4) is 0 Å². The third kappa shape index (κ3) is 0.929. The molecule has 1 aromatic carbocycles. The molecule has 0 aliphatic rings. The maximum absolute atomic E-state index is 8.75. The highest BCUT2D eigenvalue weighted by Gasteiger charge is 1.74. The van der Waals surface area contributed by atoms with Crippen molar-refractivity contribution in [1.29, 1.82) is 0 Å². The molecule has 7 heavy (non-hydrogen) atoms. The maximum atomic E-state index is 8.75. The van der Waals surface area contributed by atoms with Crippen LogP contribution in [0.4, 0.5) is 0 Å². The molecule has 0 aliphatic heterocycles. The zero-order valence-electron chi connectivity index (χ0n) is 5.68. The molecule has 0 saturated heterocycles. The Morgan fingerprint density at radius 2 is 2.00 bits per heavy atom. The first-order chi connectivity index (χ1) is 4.18. The fourth-order valence-corrected chi connectivity index (χ4v) is 0.344. The average Bonchev–Trinajstić information content (AvgIpc) is 1.59. The smallest absolute Gasteiger partial charge is 0.115 e. The molecule has 0 atom stereocenters. The normalized spacial score (nSPS) is 12.6. The van der Waals surface area contributed by atoms with Crippen molar-refractivity contribution in [3.63, 3.8) is 0 Å². The summed E-state index contributed by atoms with van der Waals surface area (Å²) < 4.78 is 14.0. The van der Waals surface area contributed by atoms with E-state index in [4.69, 9.17) is 7.85 Å². The van der Waals surface area contributed by atoms with Gasteiger partial charge in [-0.15, -0.1) is 0 Å². The summed E-state index contributed by atoms with van der Waals surface area (Å²) in [7, 11) is 0. The molecule has 1 rings (SSSR count). The summed E-state index contributed by atoms with van der Waals surface area (Å²) in [6.07, 6.45) is 0. The zero-order valence-corrected chi connectivity index (χ0v) is 3.68. The summed E-state index contributed by atoms with van der Waals surface area (Å²) in [6.45, 7) is 0. The Bertz CT molecular complexity index is 172. The van der Waals surface area contributed by atoms with Gasteiger partial charge >= 0.3 is 0 Å². The van der Waals surface area contributed by atoms with Gasteiger partial charge in [-0.2, -0.15) is 0 Å². The largest absolute Gasteiger partial charge is 0.508 e. The van der Waals surface area contributed by atoms with Gasteiger partial charge in [0, 0.05) is 0 Å². The monoisotopic (exact) mass is 98.1 g/mol. The fourth-order valence-electron chi connectivity index (χ4n) is 0.344. The molecule has 36 valence electrons. The summed E-state index contributed by atoms with van der Waals surface area (Å²) in [5.41, 5.74) is 0. The van der Waals surface area contributed by atoms with Crippen LogP contribution in [0.15, 0.2) is 30.3 Å². The second-order valence-corrected chi connectivity index (χ2v) is 1.19. The van der Waals surface area contributed by atoms with E-state index in [2.05, 4.69) is 0 Å². The van der Waals surface area contributed by atoms with Crippen LogP contribution in [-0.4, -0.2) is 5.11 Å². The van der Waals surface area contributed by atoms with E-state index in [1.165, 1.54) is 18.2 Å². The summed E-state index contributed by atoms with van der Waals surface area (Å²) in [4.78, 5) is 0. The van der Waals surface area contributed by atoms with Crippen molar-refractivity contribution in [2.24, 2.45) is 0 Å². The maximum Gasteiger partial charge on any atom is 0.115 e. The van der Waals surface area contributed by atoms with Crippen LogP contribution < -0.4 is 0 Å². The minimum atomic E-state index is -0.0208. The van der Waals surface area contributed by atoms with Crippen molar-refractivity contribution in [3.8, 4) is 5.75 Å². The van der Waals surface area contributed by atoms with Crippen LogP contribution in [0.2, 0.25) is 0 Å². The molecule has 0 heterocycles. The Hall–Kier alpha value is -0.980. The molecule has 1 N–H and O–H groups in total. The van der Waals surface area contributed by atoms with Crippen molar-refractivity contribution in [2.75, 3.05) is 0 Å². The Balaban J connectivity index is 3.17. The first kappa shape index (κ1) is 2.36. The van der Waals surface area contributed by atoms with Gasteiger partial charge in [0.1, 0.15) is 5.75 Å². The lowest BCUT2D eigenvalue weighted by molar-refractivity contribution is 0.475. The first-order valence-corrected chi connectivity index (χ1v) is 1.96. The molecule has 0 aromatic heterocycles. The van der Waals surface area contributed by atoms with Gasteiger partial charge in [-0.1, -0.05) is 18.2 Å². The molecule has 1 heteroatoms. The zero-order chi connectivity index (χ0) is 6.85. The van der Waals surface area contributed by atoms with E-state index in [0.717, 1.165) is 0 Å². The fraction of sp³-hybridized carbons (Fsp3) is 0. The van der Waals surface area contributed by atoms with Gasteiger partial charge in [0.05, 0.1) is 2.74 Å². The third-order valence-electron chi connectivity index (χ3n) is 0.629. The minimum Gasteiger partial charge on any atom is -0.508 e. The number of para-hydroxylation sites is 1. The summed E-state index contributed by atoms with van der Waals surface area (Å²) in [5.74, 6) is -0.0208. The van der Waals surface area contributed by atoms with Crippen molar-refractivity contribution in [2.45, 2.75) is 0 Å². The van der Waals surface area contributed by atoms with Crippen LogP contribution in [0.5, 0.6) is 5.75 Å². The molecule has 1 nitrogen and oxygen atoms in total. The summed E-state index contributed by atoms with van der Waals surface area (Å²) in [6, 6.07) is 4.27. The first-order valence-electron chi connectivity index (χ1n) is 2.96. The third-order valence-corrected chi connectivity index (χ3v) is 0.629. The SMILES string of the molecule is [3H]c1cc([3H])cc(O)c1. The lowest BCUT2D eigenvalue weighted by atomic mass is 10.3. The molecule has 0 fully saturated rings. The van der Waals surface area contributed by atoms with E-state index in [9.17, 15) is 0 Å². The van der Waals surface area contributed by atoms with E-state index in [0.29, 0.717) is 0 Å². The molecule has 0 bridgehead atoms. The molecule has 0 saturated carbocycles. The lowest BCUT2D eigenvalue weighted by Gasteiger charge is -1.82. The number of hydrogen-bond acceptors (Lipinski definition) is 1. The topological polar surface area (TPSA) is 20.2 Å². The Morgan fingerprint density at radius 3 is 2.43 bits per heavy atom. The Morgan fingerprint density at radius 1 is 1.43 bits per heavy atom. The summed E-state index contributed by atoms with van der Waals surface area (Å²) in [5, 5.41) is 8.75. The average molecular weight is 98.1 g/mol. The van der Waals surface area contributed by atoms with E-state index < -0.39 is 0 Å². The highest BCUT2D eigenvalue weighted by Crippen LogP contribution is 2.02. The number of rotatable bonds is 0. The second-order valence-electron chi connectivity index (χ2n) is 1.19. The molecule has 0 unspecified atom stereocenters. The summed E-state index contributed by atoms with van der Waals surface area (Å²) >= 11 is 0. The van der Waals surface area contributed by atoms with Crippen LogP contribution in [0.25, 0.3) is 0 Å². The molecular weight excluding hydrogens is 88.1 g/mol. The van der Waals surface area contributed by atoms with Gasteiger partial charge in [0.2, 0.25) is 0 Å². The molecule has 0 spiro atoms. The van der Waals surface area contributed by atoms with Crippen molar-refractivity contribution in [3.05, 3.63) is 30.3 Å². The predicted octanol–water partition coefficient (Wildman–Crippen LogP) is 1.39. The molecule has 0 radical (unpaired) electrons. The van der Waals surface area contributed by atoms with Crippen LogP contribution in [0, 0.1) is 0 Å². The van der Waals surface area contributed by atoms with Gasteiger partial charge < -0.3 is 5.11 Å². The van der Waals surface area contributed by atoms with E-state index >= 15 is 0 Å². The molecule has 0 amide bonds. The van der Waals surface area contributed by atoms with E-state index in [1.807, 2.05) is 0 Å². The number of hydrogen-bond donors (Lipinski definition) is 1. The van der Waals surface area contributed by atoms with Gasteiger partial charge in [0.25, 0.3) is 0 Å². The molecular formula is C6H6O. The van der Waals surface area contributed by atoms with Gasteiger partial charge in [-0.3, -0.25) is 0 Å². The number of phenolic OH excluding ortho intramolecular Hbond substituents is 1. The quantitative estimate of drug-likeness (QED) is 0.520. The highest BCUT2D eigenvalue weighted by atomic mass is 16.3. The number of benzene rings is 1.